The molecule has 0 aromatic carbocycles. The normalized spacial score (nSPS) is 13.6. The summed E-state index contributed by atoms with van der Waals surface area (Å²) in [6.07, 6.45) is -4.32. The molecule has 96 valence electrons. The Morgan fingerprint density at radius 3 is 2.56 bits per heavy atom. The zero-order chi connectivity index (χ0) is 12.6. The minimum absolute atomic E-state index is 0.0863. The van der Waals surface area contributed by atoms with Gasteiger partial charge in [-0.3, -0.25) is 4.79 Å². The molecule has 2 N–H and O–H groups in total. The Morgan fingerprint density at radius 1 is 1.44 bits per heavy atom. The molecule has 1 unspecified atom stereocenters. The lowest BCUT2D eigenvalue weighted by Gasteiger charge is -2.12. The quantitative estimate of drug-likeness (QED) is 0.640. The molecule has 0 aromatic rings. The molecule has 16 heavy (non-hydrogen) atoms. The van der Waals surface area contributed by atoms with Crippen molar-refractivity contribution in [2.24, 2.45) is 5.92 Å². The van der Waals surface area contributed by atoms with Gasteiger partial charge in [-0.2, -0.15) is 13.2 Å². The molecular formula is C9H17F3N2O2. The van der Waals surface area contributed by atoms with Crippen LogP contribution in [-0.4, -0.2) is 45.4 Å². The van der Waals surface area contributed by atoms with Crippen LogP contribution in [-0.2, 0) is 9.53 Å². The van der Waals surface area contributed by atoms with Crippen molar-refractivity contribution < 1.29 is 22.7 Å². The predicted molar refractivity (Wildman–Crippen MR) is 53.0 cm³/mol. The van der Waals surface area contributed by atoms with E-state index in [0.717, 1.165) is 0 Å². The van der Waals surface area contributed by atoms with Crippen molar-refractivity contribution in [3.05, 3.63) is 0 Å². The van der Waals surface area contributed by atoms with E-state index in [1.807, 2.05) is 0 Å². The van der Waals surface area contributed by atoms with Crippen LogP contribution in [0.4, 0.5) is 13.2 Å². The molecule has 0 aliphatic rings. The van der Waals surface area contributed by atoms with Crippen LogP contribution in [0.15, 0.2) is 0 Å². The van der Waals surface area contributed by atoms with Crippen molar-refractivity contribution in [3.8, 4) is 0 Å². The van der Waals surface area contributed by atoms with Crippen LogP contribution in [0.3, 0.4) is 0 Å². The van der Waals surface area contributed by atoms with Crippen LogP contribution >= 0.6 is 0 Å². The Kier molecular flexibility index (Phi) is 7.07. The first-order valence-electron chi connectivity index (χ1n) is 4.93. The Hall–Kier alpha value is -0.820. The number of hydrogen-bond acceptors (Lipinski definition) is 3. The molecule has 0 radical (unpaired) electrons. The average Bonchev–Trinajstić information content (AvgIpc) is 2.15. The van der Waals surface area contributed by atoms with Crippen molar-refractivity contribution in [2.75, 3.05) is 33.4 Å². The summed E-state index contributed by atoms with van der Waals surface area (Å²) < 4.78 is 39.3. The monoisotopic (exact) mass is 242 g/mol. The van der Waals surface area contributed by atoms with E-state index in [1.165, 1.54) is 0 Å². The van der Waals surface area contributed by atoms with E-state index in [4.69, 9.17) is 0 Å². The zero-order valence-electron chi connectivity index (χ0n) is 9.36. The standard InChI is InChI=1S/C9H17F3N2O2/c1-7(5-13-2)8(15)14-3-4-16-6-9(10,11)12/h7,13H,3-6H2,1-2H3,(H,14,15). The topological polar surface area (TPSA) is 50.4 Å². The number of rotatable bonds is 7. The lowest BCUT2D eigenvalue weighted by atomic mass is 10.1. The van der Waals surface area contributed by atoms with E-state index in [9.17, 15) is 18.0 Å². The molecule has 0 fully saturated rings. The summed E-state index contributed by atoms with van der Waals surface area (Å²) in [5.74, 6) is -0.419. The second-order valence-corrected chi connectivity index (χ2v) is 3.42. The van der Waals surface area contributed by atoms with Gasteiger partial charge in [0.15, 0.2) is 0 Å². The number of carbonyl (C=O) groups excluding carboxylic acids is 1. The van der Waals surface area contributed by atoms with Crippen LogP contribution in [0.2, 0.25) is 0 Å². The fourth-order valence-corrected chi connectivity index (χ4v) is 1.01. The first kappa shape index (κ1) is 15.2. The molecule has 0 saturated heterocycles. The number of nitrogens with one attached hydrogen (secondary N) is 2. The summed E-state index contributed by atoms with van der Waals surface area (Å²) in [4.78, 5) is 11.3. The molecule has 0 saturated carbocycles. The summed E-state index contributed by atoms with van der Waals surface area (Å²) >= 11 is 0. The summed E-state index contributed by atoms with van der Waals surface area (Å²) in [7, 11) is 1.72. The van der Waals surface area contributed by atoms with Gasteiger partial charge in [0.2, 0.25) is 5.91 Å². The maximum atomic E-state index is 11.6. The molecule has 0 aliphatic carbocycles. The first-order chi connectivity index (χ1) is 7.37. The van der Waals surface area contributed by atoms with E-state index >= 15 is 0 Å². The predicted octanol–water partition coefficient (Wildman–Crippen LogP) is 0.537. The van der Waals surface area contributed by atoms with Crippen molar-refractivity contribution in [3.63, 3.8) is 0 Å². The SMILES string of the molecule is CNCC(C)C(=O)NCCOCC(F)(F)F. The van der Waals surface area contributed by atoms with Gasteiger partial charge >= 0.3 is 6.18 Å². The highest BCUT2D eigenvalue weighted by Crippen LogP contribution is 2.13. The van der Waals surface area contributed by atoms with Crippen LogP contribution < -0.4 is 10.6 Å². The van der Waals surface area contributed by atoms with Crippen LogP contribution in [0, 0.1) is 5.92 Å². The van der Waals surface area contributed by atoms with E-state index in [-0.39, 0.29) is 25.0 Å². The molecule has 1 atom stereocenters. The molecule has 0 aromatic heterocycles. The second kappa shape index (κ2) is 7.45. The molecule has 0 bridgehead atoms. The fourth-order valence-electron chi connectivity index (χ4n) is 1.01. The third-order valence-corrected chi connectivity index (χ3v) is 1.77. The Balaban J connectivity index is 3.48. The number of hydrogen-bond donors (Lipinski definition) is 2. The number of ether oxygens (including phenoxy) is 1. The first-order valence-corrected chi connectivity index (χ1v) is 4.93. The molecule has 0 spiro atoms. The smallest absolute Gasteiger partial charge is 0.370 e. The van der Waals surface area contributed by atoms with E-state index < -0.39 is 12.8 Å². The number of halogens is 3. The minimum Gasteiger partial charge on any atom is -0.370 e. The highest BCUT2D eigenvalue weighted by Gasteiger charge is 2.27. The van der Waals surface area contributed by atoms with Gasteiger partial charge in [0.05, 0.1) is 6.61 Å². The molecule has 7 heteroatoms. The highest BCUT2D eigenvalue weighted by atomic mass is 19.4. The number of alkyl halides is 3. The van der Waals surface area contributed by atoms with Crippen molar-refractivity contribution in [1.82, 2.24) is 10.6 Å². The minimum atomic E-state index is -4.32. The van der Waals surface area contributed by atoms with Gasteiger partial charge in [-0.25, -0.2) is 0 Å². The van der Waals surface area contributed by atoms with Crippen LogP contribution in [0.25, 0.3) is 0 Å². The van der Waals surface area contributed by atoms with Gasteiger partial charge < -0.3 is 15.4 Å². The summed E-state index contributed by atoms with van der Waals surface area (Å²) in [6, 6.07) is 0. The van der Waals surface area contributed by atoms with Crippen molar-refractivity contribution in [1.29, 1.82) is 0 Å². The maximum Gasteiger partial charge on any atom is 0.411 e. The third kappa shape index (κ3) is 8.49. The molecule has 0 aliphatic heterocycles. The molecule has 4 nitrogen and oxygen atoms in total. The van der Waals surface area contributed by atoms with E-state index in [1.54, 1.807) is 14.0 Å². The largest absolute Gasteiger partial charge is 0.411 e. The Labute approximate surface area is 92.5 Å². The summed E-state index contributed by atoms with van der Waals surface area (Å²) in [5.41, 5.74) is 0. The van der Waals surface area contributed by atoms with Gasteiger partial charge in [-0.15, -0.1) is 0 Å². The van der Waals surface area contributed by atoms with Gasteiger partial charge in [-0.1, -0.05) is 6.92 Å². The highest BCUT2D eigenvalue weighted by molar-refractivity contribution is 5.78. The maximum absolute atomic E-state index is 11.6. The van der Waals surface area contributed by atoms with Crippen molar-refractivity contribution in [2.45, 2.75) is 13.1 Å². The molecular weight excluding hydrogens is 225 g/mol. The number of amides is 1. The Bertz CT molecular complexity index is 209. The zero-order valence-corrected chi connectivity index (χ0v) is 9.36. The average molecular weight is 242 g/mol. The summed E-state index contributed by atoms with van der Waals surface area (Å²) in [5, 5.41) is 5.31. The summed E-state index contributed by atoms with van der Waals surface area (Å²) in [6.45, 7) is 0.910. The lowest BCUT2D eigenvalue weighted by molar-refractivity contribution is -0.173. The van der Waals surface area contributed by atoms with E-state index in [0.29, 0.717) is 6.54 Å². The van der Waals surface area contributed by atoms with Gasteiger partial charge in [0, 0.05) is 19.0 Å². The Morgan fingerprint density at radius 2 is 2.06 bits per heavy atom. The third-order valence-electron chi connectivity index (χ3n) is 1.77. The molecule has 1 amide bonds. The van der Waals surface area contributed by atoms with Gasteiger partial charge in [0.1, 0.15) is 6.61 Å². The lowest BCUT2D eigenvalue weighted by Crippen LogP contribution is -2.36. The van der Waals surface area contributed by atoms with Crippen LogP contribution in [0.1, 0.15) is 6.92 Å². The second-order valence-electron chi connectivity index (χ2n) is 3.42. The molecule has 0 rings (SSSR count). The number of carbonyl (C=O) groups is 1. The van der Waals surface area contributed by atoms with Gasteiger partial charge in [0.25, 0.3) is 0 Å². The fraction of sp³-hybridized carbons (Fsp3) is 0.889. The molecule has 0 heterocycles. The van der Waals surface area contributed by atoms with Gasteiger partial charge in [-0.05, 0) is 7.05 Å². The van der Waals surface area contributed by atoms with Crippen molar-refractivity contribution >= 4 is 5.91 Å². The van der Waals surface area contributed by atoms with E-state index in [2.05, 4.69) is 15.4 Å². The van der Waals surface area contributed by atoms with Crippen LogP contribution in [0.5, 0.6) is 0 Å².